The SMILES string of the molecule is CNc1snnc1CSCC(O)CO. The van der Waals surface area contributed by atoms with Crippen molar-refractivity contribution >= 4 is 28.3 Å². The van der Waals surface area contributed by atoms with Crippen LogP contribution in [0.1, 0.15) is 5.69 Å². The summed E-state index contributed by atoms with van der Waals surface area (Å²) in [6.45, 7) is -0.193. The van der Waals surface area contributed by atoms with Crippen LogP contribution >= 0.6 is 23.3 Å². The van der Waals surface area contributed by atoms with Crippen molar-refractivity contribution in [1.82, 2.24) is 9.59 Å². The first-order valence-corrected chi connectivity index (χ1v) is 6.06. The monoisotopic (exact) mass is 235 g/mol. The second-order valence-corrected chi connectivity index (χ2v) is 4.43. The molecule has 0 bridgehead atoms. The Labute approximate surface area is 90.7 Å². The van der Waals surface area contributed by atoms with Gasteiger partial charge in [-0.05, 0) is 0 Å². The van der Waals surface area contributed by atoms with E-state index in [0.29, 0.717) is 11.5 Å². The lowest BCUT2D eigenvalue weighted by atomic mass is 10.4. The Morgan fingerprint density at radius 1 is 1.64 bits per heavy atom. The second-order valence-electron chi connectivity index (χ2n) is 2.65. The standard InChI is InChI=1S/C7H13N3O2S2/c1-8-7-6(9-10-14-7)4-13-3-5(12)2-11/h5,8,11-12H,2-4H2,1H3. The van der Waals surface area contributed by atoms with Crippen LogP contribution in [0.15, 0.2) is 0 Å². The minimum absolute atomic E-state index is 0.193. The van der Waals surface area contributed by atoms with E-state index in [9.17, 15) is 0 Å². The summed E-state index contributed by atoms with van der Waals surface area (Å²) in [7, 11) is 1.83. The largest absolute Gasteiger partial charge is 0.394 e. The summed E-state index contributed by atoms with van der Waals surface area (Å²) >= 11 is 2.84. The van der Waals surface area contributed by atoms with E-state index in [0.717, 1.165) is 10.7 Å². The maximum Gasteiger partial charge on any atom is 0.133 e. The number of aliphatic hydroxyl groups is 2. The van der Waals surface area contributed by atoms with Gasteiger partial charge in [-0.2, -0.15) is 11.8 Å². The summed E-state index contributed by atoms with van der Waals surface area (Å²) in [6.07, 6.45) is -0.648. The summed E-state index contributed by atoms with van der Waals surface area (Å²) in [4.78, 5) is 0. The molecule has 5 nitrogen and oxygen atoms in total. The maximum atomic E-state index is 9.09. The predicted octanol–water partition coefficient (Wildman–Crippen LogP) is 0.166. The first-order valence-electron chi connectivity index (χ1n) is 4.13. The maximum absolute atomic E-state index is 9.09. The van der Waals surface area contributed by atoms with Gasteiger partial charge in [-0.15, -0.1) is 5.10 Å². The van der Waals surface area contributed by atoms with Crippen LogP contribution < -0.4 is 5.32 Å². The molecule has 1 heterocycles. The highest BCUT2D eigenvalue weighted by Crippen LogP contribution is 2.21. The van der Waals surface area contributed by atoms with E-state index in [-0.39, 0.29) is 6.61 Å². The van der Waals surface area contributed by atoms with Gasteiger partial charge < -0.3 is 15.5 Å². The van der Waals surface area contributed by atoms with Crippen molar-refractivity contribution in [2.75, 3.05) is 24.7 Å². The van der Waals surface area contributed by atoms with Crippen molar-refractivity contribution in [3.8, 4) is 0 Å². The van der Waals surface area contributed by atoms with Gasteiger partial charge >= 0.3 is 0 Å². The molecule has 14 heavy (non-hydrogen) atoms. The first kappa shape index (κ1) is 11.7. The van der Waals surface area contributed by atoms with Crippen molar-refractivity contribution in [2.45, 2.75) is 11.9 Å². The van der Waals surface area contributed by atoms with E-state index in [1.807, 2.05) is 7.05 Å². The molecule has 7 heteroatoms. The summed E-state index contributed by atoms with van der Waals surface area (Å²) in [5.41, 5.74) is 0.896. The zero-order chi connectivity index (χ0) is 10.4. The molecule has 1 atom stereocenters. The Balaban J connectivity index is 2.31. The molecule has 0 spiro atoms. The fourth-order valence-corrected chi connectivity index (χ4v) is 2.35. The number of rotatable bonds is 6. The molecule has 0 aliphatic carbocycles. The number of aliphatic hydroxyl groups excluding tert-OH is 2. The van der Waals surface area contributed by atoms with Gasteiger partial charge in [0.15, 0.2) is 0 Å². The second kappa shape index (κ2) is 6.18. The molecular formula is C7H13N3O2S2. The van der Waals surface area contributed by atoms with E-state index < -0.39 is 6.10 Å². The van der Waals surface area contributed by atoms with Gasteiger partial charge in [0.2, 0.25) is 0 Å². The van der Waals surface area contributed by atoms with E-state index in [1.165, 1.54) is 23.3 Å². The zero-order valence-electron chi connectivity index (χ0n) is 7.80. The summed E-state index contributed by atoms with van der Waals surface area (Å²) in [5.74, 6) is 1.21. The topological polar surface area (TPSA) is 78.3 Å². The molecule has 1 rings (SSSR count). The lowest BCUT2D eigenvalue weighted by Gasteiger charge is -2.05. The average molecular weight is 235 g/mol. The molecule has 0 radical (unpaired) electrons. The Morgan fingerprint density at radius 3 is 3.07 bits per heavy atom. The molecule has 0 saturated carbocycles. The molecule has 0 amide bonds. The van der Waals surface area contributed by atoms with Crippen LogP contribution in [0, 0.1) is 0 Å². The highest BCUT2D eigenvalue weighted by molar-refractivity contribution is 7.98. The number of nitrogens with one attached hydrogen (secondary N) is 1. The molecule has 1 aromatic rings. The third-order valence-electron chi connectivity index (χ3n) is 1.54. The van der Waals surface area contributed by atoms with Gasteiger partial charge in [0, 0.05) is 30.1 Å². The van der Waals surface area contributed by atoms with E-state index in [2.05, 4.69) is 14.9 Å². The molecule has 0 fully saturated rings. The Hall–Kier alpha value is -0.370. The van der Waals surface area contributed by atoms with Crippen LogP contribution in [-0.2, 0) is 5.75 Å². The number of hydrogen-bond acceptors (Lipinski definition) is 7. The zero-order valence-corrected chi connectivity index (χ0v) is 9.44. The fourth-order valence-electron chi connectivity index (χ4n) is 0.837. The third kappa shape index (κ3) is 3.41. The Morgan fingerprint density at radius 2 is 2.43 bits per heavy atom. The van der Waals surface area contributed by atoms with Gasteiger partial charge in [0.25, 0.3) is 0 Å². The van der Waals surface area contributed by atoms with Crippen LogP contribution in [-0.4, -0.2) is 45.3 Å². The first-order chi connectivity index (χ1) is 6.77. The van der Waals surface area contributed by atoms with Crippen LogP contribution in [0.3, 0.4) is 0 Å². The van der Waals surface area contributed by atoms with Crippen LogP contribution in [0.2, 0.25) is 0 Å². The van der Waals surface area contributed by atoms with Gasteiger partial charge in [-0.1, -0.05) is 4.49 Å². The number of hydrogen-bond donors (Lipinski definition) is 3. The van der Waals surface area contributed by atoms with Crippen LogP contribution in [0.25, 0.3) is 0 Å². The molecule has 0 saturated heterocycles. The number of anilines is 1. The molecule has 0 aromatic carbocycles. The summed E-state index contributed by atoms with van der Waals surface area (Å²) < 4.78 is 3.81. The summed E-state index contributed by atoms with van der Waals surface area (Å²) in [5, 5.41) is 25.6. The van der Waals surface area contributed by atoms with Crippen molar-refractivity contribution in [3.63, 3.8) is 0 Å². The van der Waals surface area contributed by atoms with Crippen LogP contribution in [0.5, 0.6) is 0 Å². The summed E-state index contributed by atoms with van der Waals surface area (Å²) in [6, 6.07) is 0. The van der Waals surface area contributed by atoms with Gasteiger partial charge in [0.1, 0.15) is 10.7 Å². The van der Waals surface area contributed by atoms with Crippen molar-refractivity contribution in [2.24, 2.45) is 0 Å². The predicted molar refractivity (Wildman–Crippen MR) is 58.7 cm³/mol. The van der Waals surface area contributed by atoms with Gasteiger partial charge in [-0.3, -0.25) is 0 Å². The lowest BCUT2D eigenvalue weighted by Crippen LogP contribution is -2.14. The molecule has 80 valence electrons. The molecule has 0 aliphatic heterocycles. The molecule has 1 aromatic heterocycles. The van der Waals surface area contributed by atoms with E-state index in [1.54, 1.807) is 0 Å². The highest BCUT2D eigenvalue weighted by Gasteiger charge is 2.07. The number of aromatic nitrogens is 2. The van der Waals surface area contributed by atoms with Gasteiger partial charge in [0.05, 0.1) is 12.7 Å². The number of nitrogens with zero attached hydrogens (tertiary/aromatic N) is 2. The van der Waals surface area contributed by atoms with E-state index >= 15 is 0 Å². The molecule has 0 aliphatic rings. The number of thioether (sulfide) groups is 1. The average Bonchev–Trinajstić information content (AvgIpc) is 2.65. The Kier molecular flexibility index (Phi) is 5.16. The van der Waals surface area contributed by atoms with Gasteiger partial charge in [-0.25, -0.2) is 0 Å². The van der Waals surface area contributed by atoms with Crippen molar-refractivity contribution in [1.29, 1.82) is 0 Å². The quantitative estimate of drug-likeness (QED) is 0.652. The lowest BCUT2D eigenvalue weighted by molar-refractivity contribution is 0.113. The normalized spacial score (nSPS) is 12.8. The fraction of sp³-hybridized carbons (Fsp3) is 0.714. The van der Waals surface area contributed by atoms with Crippen LogP contribution in [0.4, 0.5) is 5.00 Å². The third-order valence-corrected chi connectivity index (χ3v) is 3.43. The minimum Gasteiger partial charge on any atom is -0.394 e. The Bertz CT molecular complexity index is 269. The molecule has 3 N–H and O–H groups in total. The smallest absolute Gasteiger partial charge is 0.133 e. The van der Waals surface area contributed by atoms with E-state index in [4.69, 9.17) is 10.2 Å². The molecule has 1 unspecified atom stereocenters. The molecular weight excluding hydrogens is 222 g/mol. The van der Waals surface area contributed by atoms with Crippen molar-refractivity contribution < 1.29 is 10.2 Å². The highest BCUT2D eigenvalue weighted by atomic mass is 32.2. The van der Waals surface area contributed by atoms with Crippen molar-refractivity contribution in [3.05, 3.63) is 5.69 Å². The minimum atomic E-state index is -0.648.